The molecular formula is C17H12ClN3O. The largest absolute Gasteiger partial charge is 0.339 e. The highest BCUT2D eigenvalue weighted by Gasteiger charge is 2.13. The van der Waals surface area contributed by atoms with Crippen molar-refractivity contribution < 1.29 is 4.79 Å². The summed E-state index contributed by atoms with van der Waals surface area (Å²) < 4.78 is 0. The molecule has 5 heteroatoms. The van der Waals surface area contributed by atoms with Crippen LogP contribution in [0.25, 0.3) is 32.8 Å². The number of benzene rings is 2. The van der Waals surface area contributed by atoms with E-state index in [1.165, 1.54) is 6.92 Å². The molecule has 0 saturated heterocycles. The van der Waals surface area contributed by atoms with Crippen LogP contribution in [0.15, 0.2) is 42.5 Å². The van der Waals surface area contributed by atoms with E-state index in [2.05, 4.69) is 15.3 Å². The molecule has 2 heterocycles. The van der Waals surface area contributed by atoms with E-state index in [4.69, 9.17) is 11.6 Å². The van der Waals surface area contributed by atoms with E-state index in [0.29, 0.717) is 10.7 Å². The maximum absolute atomic E-state index is 11.2. The monoisotopic (exact) mass is 309 g/mol. The fourth-order valence-corrected chi connectivity index (χ4v) is 3.12. The van der Waals surface area contributed by atoms with Crippen LogP contribution in [0.3, 0.4) is 0 Å². The molecule has 4 rings (SSSR count). The molecule has 2 aromatic heterocycles. The molecule has 0 fully saturated rings. The van der Waals surface area contributed by atoms with Crippen LogP contribution in [0.4, 0.5) is 5.69 Å². The van der Waals surface area contributed by atoms with Crippen LogP contribution in [-0.4, -0.2) is 15.9 Å². The molecule has 4 aromatic rings. The second-order valence-corrected chi connectivity index (χ2v) is 5.61. The second kappa shape index (κ2) is 4.71. The third kappa shape index (κ3) is 1.92. The van der Waals surface area contributed by atoms with Crippen molar-refractivity contribution in [3.05, 3.63) is 47.5 Å². The minimum absolute atomic E-state index is 0.114. The molecule has 108 valence electrons. The van der Waals surface area contributed by atoms with Gasteiger partial charge in [0.05, 0.1) is 10.5 Å². The molecule has 2 N–H and O–H groups in total. The predicted octanol–water partition coefficient (Wildman–Crippen LogP) is 4.48. The molecule has 22 heavy (non-hydrogen) atoms. The van der Waals surface area contributed by atoms with Crippen LogP contribution in [0, 0.1) is 0 Å². The third-order valence-electron chi connectivity index (χ3n) is 3.69. The zero-order valence-corrected chi connectivity index (χ0v) is 12.5. The number of pyridine rings is 1. The van der Waals surface area contributed by atoms with E-state index in [1.54, 1.807) is 0 Å². The smallest absolute Gasteiger partial charge is 0.221 e. The molecule has 0 atom stereocenters. The van der Waals surface area contributed by atoms with Gasteiger partial charge in [0.25, 0.3) is 0 Å². The lowest BCUT2D eigenvalue weighted by Crippen LogP contribution is -2.05. The molecule has 1 amide bonds. The topological polar surface area (TPSA) is 57.8 Å². The summed E-state index contributed by atoms with van der Waals surface area (Å²) in [6, 6.07) is 13.5. The Balaban J connectivity index is 2.09. The van der Waals surface area contributed by atoms with E-state index < -0.39 is 0 Å². The molecule has 2 aromatic carbocycles. The molecular weight excluding hydrogens is 298 g/mol. The Morgan fingerprint density at radius 1 is 1.18 bits per heavy atom. The minimum atomic E-state index is -0.114. The maximum atomic E-state index is 11.2. The highest BCUT2D eigenvalue weighted by atomic mass is 35.5. The van der Waals surface area contributed by atoms with Crippen molar-refractivity contribution in [3.63, 3.8) is 0 Å². The normalized spacial score (nSPS) is 11.4. The number of nitrogens with one attached hydrogen (secondary N) is 2. The zero-order chi connectivity index (χ0) is 15.3. The Hall–Kier alpha value is -2.59. The Kier molecular flexibility index (Phi) is 2.81. The standard InChI is InChI=1S/C17H12ClN3O/c1-9(22)19-10-6-7-14-12(8-10)16(18)15-11-4-2-3-5-13(11)20-17(15)21-14/h2-8H,1H3,(H,19,22)(H,20,21). The Morgan fingerprint density at radius 2 is 2.00 bits per heavy atom. The number of para-hydroxylation sites is 1. The first-order chi connectivity index (χ1) is 10.6. The van der Waals surface area contributed by atoms with Crippen LogP contribution in [0.5, 0.6) is 0 Å². The quantitative estimate of drug-likeness (QED) is 0.544. The fourth-order valence-electron chi connectivity index (χ4n) is 2.78. The fraction of sp³-hybridized carbons (Fsp3) is 0.0588. The molecule has 0 aliphatic rings. The van der Waals surface area contributed by atoms with Gasteiger partial charge in [0.15, 0.2) is 0 Å². The van der Waals surface area contributed by atoms with Gasteiger partial charge in [-0.05, 0) is 24.3 Å². The van der Waals surface area contributed by atoms with Crippen molar-refractivity contribution in [2.45, 2.75) is 6.92 Å². The van der Waals surface area contributed by atoms with E-state index in [9.17, 15) is 4.79 Å². The van der Waals surface area contributed by atoms with Crippen molar-refractivity contribution in [1.82, 2.24) is 9.97 Å². The number of fused-ring (bicyclic) bond motifs is 4. The van der Waals surface area contributed by atoms with Gasteiger partial charge in [0.1, 0.15) is 5.65 Å². The average Bonchev–Trinajstić information content (AvgIpc) is 2.86. The number of rotatable bonds is 1. The van der Waals surface area contributed by atoms with Crippen molar-refractivity contribution in [3.8, 4) is 0 Å². The first kappa shape index (κ1) is 13.1. The van der Waals surface area contributed by atoms with Crippen LogP contribution in [-0.2, 0) is 4.79 Å². The lowest BCUT2D eigenvalue weighted by Gasteiger charge is -2.06. The van der Waals surface area contributed by atoms with E-state index in [1.807, 2.05) is 42.5 Å². The van der Waals surface area contributed by atoms with Gasteiger partial charge in [-0.1, -0.05) is 29.8 Å². The lowest BCUT2D eigenvalue weighted by molar-refractivity contribution is -0.114. The van der Waals surface area contributed by atoms with Crippen molar-refractivity contribution in [1.29, 1.82) is 0 Å². The van der Waals surface area contributed by atoms with Crippen LogP contribution >= 0.6 is 11.6 Å². The average molecular weight is 310 g/mol. The molecule has 4 nitrogen and oxygen atoms in total. The summed E-state index contributed by atoms with van der Waals surface area (Å²) in [5, 5.41) is 6.19. The van der Waals surface area contributed by atoms with Gasteiger partial charge in [0, 0.05) is 34.3 Å². The van der Waals surface area contributed by atoms with Gasteiger partial charge < -0.3 is 10.3 Å². The third-order valence-corrected chi connectivity index (χ3v) is 4.08. The lowest BCUT2D eigenvalue weighted by atomic mass is 10.1. The Bertz CT molecular complexity index is 1050. The number of carbonyl (C=O) groups excluding carboxylic acids is 1. The predicted molar refractivity (Wildman–Crippen MR) is 90.4 cm³/mol. The molecule has 0 bridgehead atoms. The van der Waals surface area contributed by atoms with Gasteiger partial charge >= 0.3 is 0 Å². The van der Waals surface area contributed by atoms with Crippen molar-refractivity contribution in [2.75, 3.05) is 5.32 Å². The SMILES string of the molecule is CC(=O)Nc1ccc2nc3[nH]c4ccccc4c3c(Cl)c2c1. The summed E-state index contributed by atoms with van der Waals surface area (Å²) in [5.41, 5.74) is 3.27. The summed E-state index contributed by atoms with van der Waals surface area (Å²) in [6.07, 6.45) is 0. The number of carbonyl (C=O) groups is 1. The number of aromatic amines is 1. The number of hydrogen-bond donors (Lipinski definition) is 2. The van der Waals surface area contributed by atoms with Crippen LogP contribution in [0.2, 0.25) is 5.02 Å². The van der Waals surface area contributed by atoms with Crippen molar-refractivity contribution in [2.24, 2.45) is 0 Å². The minimum Gasteiger partial charge on any atom is -0.339 e. The second-order valence-electron chi connectivity index (χ2n) is 5.23. The summed E-state index contributed by atoms with van der Waals surface area (Å²) in [7, 11) is 0. The molecule has 0 unspecified atom stereocenters. The number of aromatic nitrogens is 2. The van der Waals surface area contributed by atoms with E-state index in [-0.39, 0.29) is 5.91 Å². The number of hydrogen-bond acceptors (Lipinski definition) is 2. The first-order valence-electron chi connectivity index (χ1n) is 6.91. The van der Waals surface area contributed by atoms with Gasteiger partial charge in [-0.25, -0.2) is 4.98 Å². The highest BCUT2D eigenvalue weighted by molar-refractivity contribution is 6.42. The van der Waals surface area contributed by atoms with E-state index in [0.717, 1.165) is 32.8 Å². The van der Waals surface area contributed by atoms with Gasteiger partial charge in [0.2, 0.25) is 5.91 Å². The van der Waals surface area contributed by atoms with E-state index >= 15 is 0 Å². The molecule has 0 aliphatic heterocycles. The van der Waals surface area contributed by atoms with Crippen LogP contribution < -0.4 is 5.32 Å². The van der Waals surface area contributed by atoms with Crippen LogP contribution in [0.1, 0.15) is 6.92 Å². The summed E-state index contributed by atoms with van der Waals surface area (Å²) in [4.78, 5) is 19.2. The van der Waals surface area contributed by atoms with Crippen molar-refractivity contribution >= 4 is 56.0 Å². The summed E-state index contributed by atoms with van der Waals surface area (Å²) >= 11 is 6.63. The molecule has 0 radical (unpaired) electrons. The molecule has 0 spiro atoms. The van der Waals surface area contributed by atoms with Gasteiger partial charge in [-0.15, -0.1) is 0 Å². The number of halogens is 1. The van der Waals surface area contributed by atoms with Gasteiger partial charge in [-0.2, -0.15) is 0 Å². The van der Waals surface area contributed by atoms with Gasteiger partial charge in [-0.3, -0.25) is 4.79 Å². The number of amides is 1. The zero-order valence-electron chi connectivity index (χ0n) is 11.8. The highest BCUT2D eigenvalue weighted by Crippen LogP contribution is 2.36. The Labute approximate surface area is 131 Å². The molecule has 0 aliphatic carbocycles. The number of nitrogens with zero attached hydrogens (tertiary/aromatic N) is 1. The first-order valence-corrected chi connectivity index (χ1v) is 7.28. The number of H-pyrrole nitrogens is 1. The summed E-state index contributed by atoms with van der Waals surface area (Å²) in [5.74, 6) is -0.114. The Morgan fingerprint density at radius 3 is 2.82 bits per heavy atom. The number of anilines is 1. The maximum Gasteiger partial charge on any atom is 0.221 e. The molecule has 0 saturated carbocycles. The summed E-state index contributed by atoms with van der Waals surface area (Å²) in [6.45, 7) is 1.48.